The van der Waals surface area contributed by atoms with Crippen LogP contribution in [0.25, 0.3) is 0 Å². The standard InChI is InChI=1S/C17H20FN7O2/c18-12-9-11(3-4-13(12)25-5-7-27-8-6-25)21-17-22-16(20-10-1-2-10)14(15(19)26)23-24-17/h3-4,9-10H,1-2,5-8H2,(H2,19,26)(H2,20,21,22,24). The second kappa shape index (κ2) is 7.31. The quantitative estimate of drug-likeness (QED) is 0.693. The summed E-state index contributed by atoms with van der Waals surface area (Å²) in [5.74, 6) is -0.611. The molecule has 1 aromatic heterocycles. The number of amides is 1. The maximum Gasteiger partial charge on any atom is 0.273 e. The van der Waals surface area contributed by atoms with E-state index in [9.17, 15) is 9.18 Å². The van der Waals surface area contributed by atoms with Gasteiger partial charge in [-0.25, -0.2) is 4.39 Å². The first-order valence-electron chi connectivity index (χ1n) is 8.80. The van der Waals surface area contributed by atoms with E-state index in [4.69, 9.17) is 10.5 Å². The van der Waals surface area contributed by atoms with Crippen molar-refractivity contribution in [2.24, 2.45) is 5.73 Å². The highest BCUT2D eigenvalue weighted by atomic mass is 19.1. The molecular weight excluding hydrogens is 353 g/mol. The number of nitrogens with zero attached hydrogens (tertiary/aromatic N) is 4. The third kappa shape index (κ3) is 4.05. The smallest absolute Gasteiger partial charge is 0.273 e. The molecular formula is C17H20FN7O2. The number of carbonyl (C=O) groups is 1. The van der Waals surface area contributed by atoms with Gasteiger partial charge in [0.05, 0.1) is 18.9 Å². The van der Waals surface area contributed by atoms with Crippen molar-refractivity contribution in [1.82, 2.24) is 15.2 Å². The molecule has 0 atom stereocenters. The topological polar surface area (TPSA) is 118 Å². The van der Waals surface area contributed by atoms with Crippen molar-refractivity contribution in [2.75, 3.05) is 41.8 Å². The molecule has 2 fully saturated rings. The predicted octanol–water partition coefficient (Wildman–Crippen LogP) is 1.26. The van der Waals surface area contributed by atoms with Crippen molar-refractivity contribution in [3.05, 3.63) is 29.7 Å². The zero-order chi connectivity index (χ0) is 18.8. The van der Waals surface area contributed by atoms with Crippen LogP contribution in [0.3, 0.4) is 0 Å². The minimum Gasteiger partial charge on any atom is -0.378 e. The van der Waals surface area contributed by atoms with Crippen molar-refractivity contribution >= 4 is 29.0 Å². The number of anilines is 4. The maximum atomic E-state index is 14.5. The minimum atomic E-state index is -0.703. The molecule has 2 heterocycles. The van der Waals surface area contributed by atoms with Crippen LogP contribution in [0.4, 0.5) is 27.5 Å². The van der Waals surface area contributed by atoms with Gasteiger partial charge in [-0.15, -0.1) is 10.2 Å². The molecule has 4 N–H and O–H groups in total. The van der Waals surface area contributed by atoms with E-state index in [1.54, 1.807) is 12.1 Å². The summed E-state index contributed by atoms with van der Waals surface area (Å²) in [5, 5.41) is 13.7. The molecule has 1 saturated heterocycles. The summed E-state index contributed by atoms with van der Waals surface area (Å²) in [5.41, 5.74) is 6.32. The average molecular weight is 373 g/mol. The number of benzene rings is 1. The monoisotopic (exact) mass is 373 g/mol. The van der Waals surface area contributed by atoms with Crippen LogP contribution in [0.5, 0.6) is 0 Å². The fourth-order valence-electron chi connectivity index (χ4n) is 2.84. The first-order chi connectivity index (χ1) is 13.1. The average Bonchev–Trinajstić information content (AvgIpc) is 3.46. The molecule has 10 heteroatoms. The van der Waals surface area contributed by atoms with Gasteiger partial charge in [0.2, 0.25) is 5.95 Å². The van der Waals surface area contributed by atoms with Crippen molar-refractivity contribution in [3.63, 3.8) is 0 Å². The number of nitrogens with two attached hydrogens (primary N) is 1. The molecule has 142 valence electrons. The molecule has 1 aliphatic carbocycles. The van der Waals surface area contributed by atoms with Crippen LogP contribution < -0.4 is 21.3 Å². The van der Waals surface area contributed by atoms with Gasteiger partial charge in [0, 0.05) is 24.8 Å². The number of carbonyl (C=O) groups excluding carboxylic acids is 1. The SMILES string of the molecule is NC(=O)c1nnc(Nc2ccc(N3CCOCC3)c(F)c2)nc1NC1CC1. The number of hydrogen-bond donors (Lipinski definition) is 3. The molecule has 9 nitrogen and oxygen atoms in total. The number of primary amides is 1. The number of aromatic nitrogens is 3. The summed E-state index contributed by atoms with van der Waals surface area (Å²) < 4.78 is 19.8. The van der Waals surface area contributed by atoms with Gasteiger partial charge in [0.1, 0.15) is 5.82 Å². The number of ether oxygens (including phenoxy) is 1. The molecule has 0 bridgehead atoms. The highest BCUT2D eigenvalue weighted by molar-refractivity contribution is 5.95. The lowest BCUT2D eigenvalue weighted by Gasteiger charge is -2.29. The Morgan fingerprint density at radius 3 is 2.70 bits per heavy atom. The Kier molecular flexibility index (Phi) is 4.71. The molecule has 27 heavy (non-hydrogen) atoms. The normalized spacial score (nSPS) is 16.9. The molecule has 2 aliphatic rings. The Morgan fingerprint density at radius 2 is 2.04 bits per heavy atom. The van der Waals surface area contributed by atoms with Crippen LogP contribution in [0.1, 0.15) is 23.3 Å². The third-order valence-electron chi connectivity index (χ3n) is 4.39. The molecule has 1 aromatic carbocycles. The van der Waals surface area contributed by atoms with Gasteiger partial charge in [0.25, 0.3) is 5.91 Å². The van der Waals surface area contributed by atoms with Crippen LogP contribution in [0.2, 0.25) is 0 Å². The Balaban J connectivity index is 1.52. The van der Waals surface area contributed by atoms with Crippen molar-refractivity contribution < 1.29 is 13.9 Å². The van der Waals surface area contributed by atoms with Crippen LogP contribution in [-0.4, -0.2) is 53.4 Å². The second-order valence-electron chi connectivity index (χ2n) is 6.51. The Hall–Kier alpha value is -3.01. The lowest BCUT2D eigenvalue weighted by Crippen LogP contribution is -2.36. The Labute approximate surface area is 155 Å². The first-order valence-corrected chi connectivity index (χ1v) is 8.80. The summed E-state index contributed by atoms with van der Waals surface area (Å²) in [7, 11) is 0. The number of morpholine rings is 1. The van der Waals surface area contributed by atoms with Gasteiger partial charge in [-0.1, -0.05) is 0 Å². The van der Waals surface area contributed by atoms with Gasteiger partial charge < -0.3 is 26.0 Å². The Bertz CT molecular complexity index is 853. The maximum absolute atomic E-state index is 14.5. The molecule has 1 amide bonds. The molecule has 0 unspecified atom stereocenters. The van der Waals surface area contributed by atoms with Crippen molar-refractivity contribution in [1.29, 1.82) is 0 Å². The lowest BCUT2D eigenvalue weighted by molar-refractivity contribution is 0.0995. The van der Waals surface area contributed by atoms with Crippen molar-refractivity contribution in [3.8, 4) is 0 Å². The van der Waals surface area contributed by atoms with Crippen LogP contribution in [0, 0.1) is 5.82 Å². The first kappa shape index (κ1) is 17.4. The fraction of sp³-hybridized carbons (Fsp3) is 0.412. The van der Waals surface area contributed by atoms with Gasteiger partial charge in [0.15, 0.2) is 11.5 Å². The molecule has 2 aromatic rings. The van der Waals surface area contributed by atoms with E-state index < -0.39 is 5.91 Å². The van der Waals surface area contributed by atoms with Crippen LogP contribution >= 0.6 is 0 Å². The number of nitrogens with one attached hydrogen (secondary N) is 2. The highest BCUT2D eigenvalue weighted by Gasteiger charge is 2.25. The van der Waals surface area contributed by atoms with Gasteiger partial charge in [-0.05, 0) is 31.0 Å². The van der Waals surface area contributed by atoms with E-state index in [0.29, 0.717) is 37.7 Å². The largest absolute Gasteiger partial charge is 0.378 e. The number of hydrogen-bond acceptors (Lipinski definition) is 8. The summed E-state index contributed by atoms with van der Waals surface area (Å²) in [6, 6.07) is 5.09. The highest BCUT2D eigenvalue weighted by Crippen LogP contribution is 2.27. The van der Waals surface area contributed by atoms with Gasteiger partial charge in [-0.2, -0.15) is 4.98 Å². The van der Waals surface area contributed by atoms with Crippen LogP contribution in [0.15, 0.2) is 18.2 Å². The predicted molar refractivity (Wildman–Crippen MR) is 97.7 cm³/mol. The molecule has 1 aliphatic heterocycles. The third-order valence-corrected chi connectivity index (χ3v) is 4.39. The van der Waals surface area contributed by atoms with E-state index in [2.05, 4.69) is 25.8 Å². The van der Waals surface area contributed by atoms with E-state index >= 15 is 0 Å². The van der Waals surface area contributed by atoms with E-state index in [1.807, 2.05) is 4.90 Å². The summed E-state index contributed by atoms with van der Waals surface area (Å²) in [6.07, 6.45) is 2.00. The van der Waals surface area contributed by atoms with E-state index in [-0.39, 0.29) is 29.3 Å². The summed E-state index contributed by atoms with van der Waals surface area (Å²) >= 11 is 0. The molecule has 0 radical (unpaired) electrons. The van der Waals surface area contributed by atoms with E-state index in [1.165, 1.54) is 6.07 Å². The van der Waals surface area contributed by atoms with Gasteiger partial charge >= 0.3 is 0 Å². The molecule has 1 saturated carbocycles. The molecule has 0 spiro atoms. The number of rotatable bonds is 6. The zero-order valence-electron chi connectivity index (χ0n) is 14.6. The number of halogens is 1. The Morgan fingerprint density at radius 1 is 1.26 bits per heavy atom. The zero-order valence-corrected chi connectivity index (χ0v) is 14.6. The van der Waals surface area contributed by atoms with E-state index in [0.717, 1.165) is 12.8 Å². The summed E-state index contributed by atoms with van der Waals surface area (Å²) in [6.45, 7) is 2.48. The van der Waals surface area contributed by atoms with Crippen LogP contribution in [-0.2, 0) is 4.74 Å². The minimum absolute atomic E-state index is 0.0127. The summed E-state index contributed by atoms with van der Waals surface area (Å²) in [4.78, 5) is 17.7. The fourth-order valence-corrected chi connectivity index (χ4v) is 2.84. The lowest BCUT2D eigenvalue weighted by atomic mass is 10.2. The van der Waals surface area contributed by atoms with Crippen molar-refractivity contribution in [2.45, 2.75) is 18.9 Å². The molecule has 4 rings (SSSR count). The van der Waals surface area contributed by atoms with Gasteiger partial charge in [-0.3, -0.25) is 4.79 Å². The second-order valence-corrected chi connectivity index (χ2v) is 6.51.